The maximum Gasteiger partial charge on any atom is 0.161 e. The van der Waals surface area contributed by atoms with E-state index >= 15 is 0 Å². The van der Waals surface area contributed by atoms with E-state index < -0.39 is 0 Å². The minimum Gasteiger partial charge on any atom is -0.384 e. The van der Waals surface area contributed by atoms with Crippen molar-refractivity contribution in [2.75, 3.05) is 24.2 Å². The van der Waals surface area contributed by atoms with E-state index in [-0.39, 0.29) is 0 Å². The number of benzene rings is 1. The summed E-state index contributed by atoms with van der Waals surface area (Å²) < 4.78 is 0. The van der Waals surface area contributed by atoms with Crippen molar-refractivity contribution >= 4 is 11.5 Å². The molecule has 0 spiro atoms. The first kappa shape index (κ1) is 12.0. The van der Waals surface area contributed by atoms with Crippen LogP contribution in [-0.2, 0) is 12.8 Å². The highest BCUT2D eigenvalue weighted by molar-refractivity contribution is 5.67. The highest BCUT2D eigenvalue weighted by Crippen LogP contribution is 2.30. The molecule has 0 aliphatic carbocycles. The van der Waals surface area contributed by atoms with Crippen LogP contribution in [0.5, 0.6) is 0 Å². The molecule has 19 heavy (non-hydrogen) atoms. The van der Waals surface area contributed by atoms with E-state index in [0.29, 0.717) is 5.82 Å². The van der Waals surface area contributed by atoms with Gasteiger partial charge < -0.3 is 10.6 Å². The normalized spacial score (nSPS) is 13.7. The molecule has 2 aromatic rings. The van der Waals surface area contributed by atoms with Gasteiger partial charge in [0.25, 0.3) is 0 Å². The maximum atomic E-state index is 5.85. The Kier molecular flexibility index (Phi) is 2.85. The topological polar surface area (TPSA) is 55.0 Å². The first-order valence-corrected chi connectivity index (χ1v) is 6.65. The Morgan fingerprint density at radius 3 is 2.89 bits per heavy atom. The molecule has 1 aromatic heterocycles. The summed E-state index contributed by atoms with van der Waals surface area (Å²) in [6.45, 7) is 3.15. The van der Waals surface area contributed by atoms with Gasteiger partial charge in [-0.2, -0.15) is 0 Å². The third-order valence-corrected chi connectivity index (χ3v) is 3.63. The zero-order valence-electron chi connectivity index (χ0n) is 11.3. The number of likely N-dealkylation sites (N-methyl/N-ethyl adjacent to an activating group) is 1. The maximum absolute atomic E-state index is 5.85. The molecule has 0 saturated carbocycles. The summed E-state index contributed by atoms with van der Waals surface area (Å²) >= 11 is 0. The van der Waals surface area contributed by atoms with Gasteiger partial charge in [-0.25, -0.2) is 9.97 Å². The lowest BCUT2D eigenvalue weighted by Crippen LogP contribution is -2.12. The molecule has 0 unspecified atom stereocenters. The summed E-state index contributed by atoms with van der Waals surface area (Å²) in [6.07, 6.45) is 1.95. The molecule has 1 aliphatic rings. The monoisotopic (exact) mass is 254 g/mol. The van der Waals surface area contributed by atoms with Gasteiger partial charge in [0.1, 0.15) is 5.82 Å². The van der Waals surface area contributed by atoms with Crippen LogP contribution in [0.3, 0.4) is 0 Å². The summed E-state index contributed by atoms with van der Waals surface area (Å²) in [5.41, 5.74) is 10.6. The molecule has 0 saturated heterocycles. The number of anilines is 2. The van der Waals surface area contributed by atoms with Crippen molar-refractivity contribution < 1.29 is 0 Å². The van der Waals surface area contributed by atoms with Crippen LogP contribution in [0.2, 0.25) is 0 Å². The molecule has 2 heterocycles. The smallest absolute Gasteiger partial charge is 0.161 e. The van der Waals surface area contributed by atoms with Gasteiger partial charge in [0, 0.05) is 36.6 Å². The van der Waals surface area contributed by atoms with E-state index in [1.807, 2.05) is 6.07 Å². The number of aryl methyl sites for hydroxylation is 1. The second-order valence-corrected chi connectivity index (χ2v) is 4.98. The molecule has 0 atom stereocenters. The molecule has 1 aromatic carbocycles. The fourth-order valence-corrected chi connectivity index (χ4v) is 2.53. The van der Waals surface area contributed by atoms with Gasteiger partial charge in [-0.3, -0.25) is 0 Å². The van der Waals surface area contributed by atoms with Crippen LogP contribution in [0, 0.1) is 0 Å². The molecule has 0 radical (unpaired) electrons. The van der Waals surface area contributed by atoms with Gasteiger partial charge >= 0.3 is 0 Å². The van der Waals surface area contributed by atoms with Crippen LogP contribution in [0.4, 0.5) is 11.5 Å². The van der Waals surface area contributed by atoms with Crippen LogP contribution >= 0.6 is 0 Å². The summed E-state index contributed by atoms with van der Waals surface area (Å²) in [7, 11) is 2.12. The van der Waals surface area contributed by atoms with Crippen molar-refractivity contribution in [3.8, 4) is 11.4 Å². The fraction of sp³-hybridized carbons (Fsp3) is 0.333. The number of hydrogen-bond acceptors (Lipinski definition) is 4. The van der Waals surface area contributed by atoms with Gasteiger partial charge in [-0.15, -0.1) is 0 Å². The Balaban J connectivity index is 2.05. The van der Waals surface area contributed by atoms with Crippen molar-refractivity contribution in [3.05, 3.63) is 35.5 Å². The van der Waals surface area contributed by atoms with Crippen LogP contribution in [0.25, 0.3) is 11.4 Å². The Morgan fingerprint density at radius 2 is 2.11 bits per heavy atom. The average molecular weight is 254 g/mol. The molecular weight excluding hydrogens is 236 g/mol. The fourth-order valence-electron chi connectivity index (χ4n) is 2.53. The minimum atomic E-state index is 0.541. The zero-order valence-corrected chi connectivity index (χ0v) is 11.3. The van der Waals surface area contributed by atoms with E-state index in [1.165, 1.54) is 11.3 Å². The van der Waals surface area contributed by atoms with E-state index in [4.69, 9.17) is 5.73 Å². The first-order chi connectivity index (χ1) is 9.17. The van der Waals surface area contributed by atoms with Gasteiger partial charge in [0.2, 0.25) is 0 Å². The van der Waals surface area contributed by atoms with Crippen LogP contribution in [0.15, 0.2) is 24.3 Å². The predicted molar refractivity (Wildman–Crippen MR) is 78.2 cm³/mol. The number of aromatic nitrogens is 2. The third-order valence-electron chi connectivity index (χ3n) is 3.63. The lowest BCUT2D eigenvalue weighted by molar-refractivity contribution is 0.956. The van der Waals surface area contributed by atoms with Gasteiger partial charge in [-0.05, 0) is 36.6 Å². The Bertz CT molecular complexity index is 622. The lowest BCUT2D eigenvalue weighted by Gasteiger charge is -2.12. The van der Waals surface area contributed by atoms with E-state index in [0.717, 1.165) is 36.5 Å². The van der Waals surface area contributed by atoms with Gasteiger partial charge in [0.15, 0.2) is 5.82 Å². The van der Waals surface area contributed by atoms with Crippen LogP contribution < -0.4 is 10.6 Å². The average Bonchev–Trinajstić information content (AvgIpc) is 2.79. The van der Waals surface area contributed by atoms with Crippen molar-refractivity contribution in [3.63, 3.8) is 0 Å². The zero-order chi connectivity index (χ0) is 13.4. The number of fused-ring (bicyclic) bond motifs is 1. The molecule has 4 heteroatoms. The van der Waals surface area contributed by atoms with Gasteiger partial charge in [0.05, 0.1) is 0 Å². The lowest BCUT2D eigenvalue weighted by atomic mass is 10.1. The molecule has 2 N–H and O–H groups in total. The third kappa shape index (κ3) is 2.14. The molecule has 0 fully saturated rings. The number of rotatable bonds is 2. The SMILES string of the molecule is CCc1cc(N)nc(-c2ccc3c(c2)CCN3C)n1. The summed E-state index contributed by atoms with van der Waals surface area (Å²) in [6, 6.07) is 8.25. The first-order valence-electron chi connectivity index (χ1n) is 6.65. The summed E-state index contributed by atoms with van der Waals surface area (Å²) in [5, 5.41) is 0. The Morgan fingerprint density at radius 1 is 1.26 bits per heavy atom. The van der Waals surface area contributed by atoms with E-state index in [9.17, 15) is 0 Å². The van der Waals surface area contributed by atoms with Crippen LogP contribution in [0.1, 0.15) is 18.2 Å². The molecule has 3 rings (SSSR count). The summed E-state index contributed by atoms with van der Waals surface area (Å²) in [5.74, 6) is 1.27. The van der Waals surface area contributed by atoms with E-state index in [2.05, 4.69) is 47.0 Å². The Hall–Kier alpha value is -2.10. The number of nitrogens with zero attached hydrogens (tertiary/aromatic N) is 3. The van der Waals surface area contributed by atoms with Crippen molar-refractivity contribution in [1.29, 1.82) is 0 Å². The van der Waals surface area contributed by atoms with Gasteiger partial charge in [-0.1, -0.05) is 6.92 Å². The number of nitrogen functional groups attached to an aromatic ring is 1. The standard InChI is InChI=1S/C15H18N4/c1-3-12-9-14(16)18-15(17-12)11-4-5-13-10(8-11)6-7-19(13)2/h4-5,8-9H,3,6-7H2,1-2H3,(H2,16,17,18). The second-order valence-electron chi connectivity index (χ2n) is 4.98. The highest BCUT2D eigenvalue weighted by atomic mass is 15.1. The molecule has 0 bridgehead atoms. The predicted octanol–water partition coefficient (Wildman–Crippen LogP) is 2.28. The van der Waals surface area contributed by atoms with Crippen molar-refractivity contribution in [2.24, 2.45) is 0 Å². The number of hydrogen-bond donors (Lipinski definition) is 1. The number of nitrogens with two attached hydrogens (primary N) is 1. The van der Waals surface area contributed by atoms with Crippen molar-refractivity contribution in [2.45, 2.75) is 19.8 Å². The van der Waals surface area contributed by atoms with Crippen molar-refractivity contribution in [1.82, 2.24) is 9.97 Å². The minimum absolute atomic E-state index is 0.541. The highest BCUT2D eigenvalue weighted by Gasteiger charge is 2.16. The molecule has 4 nitrogen and oxygen atoms in total. The van der Waals surface area contributed by atoms with Crippen LogP contribution in [-0.4, -0.2) is 23.6 Å². The molecule has 98 valence electrons. The summed E-state index contributed by atoms with van der Waals surface area (Å²) in [4.78, 5) is 11.2. The Labute approximate surface area is 113 Å². The quantitative estimate of drug-likeness (QED) is 0.893. The molecule has 1 aliphatic heterocycles. The largest absolute Gasteiger partial charge is 0.384 e. The molecule has 0 amide bonds. The molecular formula is C15H18N4. The van der Waals surface area contributed by atoms with E-state index in [1.54, 1.807) is 0 Å². The second kappa shape index (κ2) is 4.53.